The number of aromatic amines is 1. The second kappa shape index (κ2) is 8.40. The normalized spacial score (nSPS) is 11.6. The lowest BCUT2D eigenvalue weighted by Gasteiger charge is -2.13. The Hall–Kier alpha value is -4.45. The standard InChI is InChI=1S/C23H15F3N6O2S/c24-23(25,26)19-14(15-6-8-29-31-15)10-17(35-19)22(34)30-18-13(12-4-2-1-3-5-12)7-9-32-16(20(27)33)11-28-21(18)32/h1-11H,(H2,27,33)(H,29,31)(H,30,34). The Morgan fingerprint density at radius 3 is 2.51 bits per heavy atom. The topological polar surface area (TPSA) is 118 Å². The Balaban J connectivity index is 1.63. The van der Waals surface area contributed by atoms with Crippen LogP contribution in [0.25, 0.3) is 28.0 Å². The summed E-state index contributed by atoms with van der Waals surface area (Å²) in [6.45, 7) is 0. The number of carbonyl (C=O) groups is 2. The van der Waals surface area contributed by atoms with Crippen molar-refractivity contribution in [2.24, 2.45) is 5.73 Å². The van der Waals surface area contributed by atoms with Crippen LogP contribution in [-0.2, 0) is 6.18 Å². The molecule has 0 atom stereocenters. The Labute approximate surface area is 199 Å². The van der Waals surface area contributed by atoms with Crippen LogP contribution in [0.15, 0.2) is 67.1 Å². The predicted octanol–water partition coefficient (Wildman–Crippen LogP) is 4.82. The number of alkyl halides is 3. The van der Waals surface area contributed by atoms with E-state index in [2.05, 4.69) is 20.5 Å². The van der Waals surface area contributed by atoms with E-state index in [4.69, 9.17) is 5.73 Å². The van der Waals surface area contributed by atoms with Crippen LogP contribution in [-0.4, -0.2) is 31.4 Å². The van der Waals surface area contributed by atoms with Gasteiger partial charge in [0.15, 0.2) is 5.65 Å². The highest BCUT2D eigenvalue weighted by molar-refractivity contribution is 7.14. The van der Waals surface area contributed by atoms with Crippen molar-refractivity contribution in [3.05, 3.63) is 82.6 Å². The number of hydrogen-bond acceptors (Lipinski definition) is 5. The van der Waals surface area contributed by atoms with Gasteiger partial charge in [-0.2, -0.15) is 18.3 Å². The molecule has 2 amide bonds. The summed E-state index contributed by atoms with van der Waals surface area (Å²) in [5.74, 6) is -1.49. The number of H-pyrrole nitrogens is 1. The smallest absolute Gasteiger partial charge is 0.364 e. The molecule has 0 spiro atoms. The van der Waals surface area contributed by atoms with Crippen molar-refractivity contribution in [2.75, 3.05) is 5.32 Å². The Bertz CT molecular complexity index is 1560. The highest BCUT2D eigenvalue weighted by Crippen LogP contribution is 2.42. The zero-order chi connectivity index (χ0) is 24.7. The van der Waals surface area contributed by atoms with Crippen molar-refractivity contribution < 1.29 is 22.8 Å². The second-order valence-electron chi connectivity index (χ2n) is 7.45. The third kappa shape index (κ3) is 4.04. The fourth-order valence-corrected chi connectivity index (χ4v) is 4.64. The molecule has 0 aliphatic carbocycles. The summed E-state index contributed by atoms with van der Waals surface area (Å²) >= 11 is 0.323. The number of rotatable bonds is 5. The first-order valence-electron chi connectivity index (χ1n) is 10.1. The molecule has 176 valence electrons. The highest BCUT2D eigenvalue weighted by Gasteiger charge is 2.37. The molecule has 8 nitrogen and oxygen atoms in total. The number of imidazole rings is 1. The van der Waals surface area contributed by atoms with E-state index in [1.807, 2.05) is 18.2 Å². The summed E-state index contributed by atoms with van der Waals surface area (Å²) in [5, 5.41) is 8.91. The number of aromatic nitrogens is 4. The highest BCUT2D eigenvalue weighted by atomic mass is 32.1. The number of nitrogens with two attached hydrogens (primary N) is 1. The molecule has 1 aromatic carbocycles. The van der Waals surface area contributed by atoms with Crippen molar-refractivity contribution in [3.8, 4) is 22.4 Å². The number of anilines is 1. The summed E-state index contributed by atoms with van der Waals surface area (Å²) in [7, 11) is 0. The van der Waals surface area contributed by atoms with Crippen molar-refractivity contribution in [3.63, 3.8) is 0 Å². The number of primary amides is 1. The first-order valence-corrected chi connectivity index (χ1v) is 10.9. The third-order valence-electron chi connectivity index (χ3n) is 5.26. The van der Waals surface area contributed by atoms with Crippen LogP contribution >= 0.6 is 11.3 Å². The predicted molar refractivity (Wildman–Crippen MR) is 124 cm³/mol. The van der Waals surface area contributed by atoms with Crippen LogP contribution in [0.2, 0.25) is 0 Å². The molecule has 5 rings (SSSR count). The van der Waals surface area contributed by atoms with Crippen LogP contribution in [0.3, 0.4) is 0 Å². The minimum atomic E-state index is -4.67. The van der Waals surface area contributed by atoms with Gasteiger partial charge < -0.3 is 11.1 Å². The Morgan fingerprint density at radius 2 is 1.86 bits per heavy atom. The first kappa shape index (κ1) is 22.3. The SMILES string of the molecule is NC(=O)c1cnc2c(NC(=O)c3cc(-c4ccn[nH]4)c(C(F)(F)F)s3)c(-c3ccccc3)ccn12. The Kier molecular flexibility index (Phi) is 5.36. The van der Waals surface area contributed by atoms with Gasteiger partial charge in [-0.05, 0) is 23.8 Å². The van der Waals surface area contributed by atoms with Crippen LogP contribution in [0.5, 0.6) is 0 Å². The number of fused-ring (bicyclic) bond motifs is 1. The molecular weight excluding hydrogens is 481 g/mol. The van der Waals surface area contributed by atoms with Gasteiger partial charge in [0.25, 0.3) is 11.8 Å². The fourth-order valence-electron chi connectivity index (χ4n) is 3.71. The van der Waals surface area contributed by atoms with Gasteiger partial charge in [-0.15, -0.1) is 11.3 Å². The number of hydrogen-bond donors (Lipinski definition) is 3. The maximum Gasteiger partial charge on any atom is 0.426 e. The molecule has 0 aliphatic rings. The van der Waals surface area contributed by atoms with Crippen LogP contribution < -0.4 is 11.1 Å². The van der Waals surface area contributed by atoms with Crippen LogP contribution in [0, 0.1) is 0 Å². The van der Waals surface area contributed by atoms with Gasteiger partial charge in [0.1, 0.15) is 10.6 Å². The zero-order valence-electron chi connectivity index (χ0n) is 17.6. The zero-order valence-corrected chi connectivity index (χ0v) is 18.4. The molecule has 5 aromatic rings. The molecule has 4 N–H and O–H groups in total. The van der Waals surface area contributed by atoms with Gasteiger partial charge in [0.05, 0.1) is 22.5 Å². The molecule has 35 heavy (non-hydrogen) atoms. The quantitative estimate of drug-likeness (QED) is 0.323. The summed E-state index contributed by atoms with van der Waals surface area (Å²) in [6, 6.07) is 13.3. The molecular formula is C23H15F3N6O2S. The number of nitrogens with zero attached hydrogens (tertiary/aromatic N) is 3. The van der Waals surface area contributed by atoms with E-state index < -0.39 is 22.9 Å². The minimum Gasteiger partial charge on any atom is -0.364 e. The summed E-state index contributed by atoms with van der Waals surface area (Å²) < 4.78 is 42.5. The van der Waals surface area contributed by atoms with Crippen LogP contribution in [0.1, 0.15) is 25.0 Å². The van der Waals surface area contributed by atoms with Gasteiger partial charge in [-0.1, -0.05) is 30.3 Å². The fraction of sp³-hybridized carbons (Fsp3) is 0.0435. The number of benzene rings is 1. The van der Waals surface area contributed by atoms with Crippen molar-refractivity contribution in [1.29, 1.82) is 0 Å². The van der Waals surface area contributed by atoms with E-state index in [1.54, 1.807) is 24.4 Å². The van der Waals surface area contributed by atoms with E-state index in [-0.39, 0.29) is 33.2 Å². The van der Waals surface area contributed by atoms with E-state index in [0.717, 1.165) is 5.56 Å². The van der Waals surface area contributed by atoms with Gasteiger partial charge in [0.2, 0.25) is 0 Å². The largest absolute Gasteiger partial charge is 0.426 e. The van der Waals surface area contributed by atoms with Gasteiger partial charge in [0, 0.05) is 23.5 Å². The Morgan fingerprint density at radius 1 is 1.09 bits per heavy atom. The number of pyridine rings is 1. The first-order chi connectivity index (χ1) is 16.7. The molecule has 0 aliphatic heterocycles. The molecule has 0 fully saturated rings. The molecule has 0 radical (unpaired) electrons. The molecule has 0 bridgehead atoms. The summed E-state index contributed by atoms with van der Waals surface area (Å²) in [5.41, 5.74) is 7.21. The van der Waals surface area contributed by atoms with Gasteiger partial charge in [-0.25, -0.2) is 4.98 Å². The lowest BCUT2D eigenvalue weighted by Crippen LogP contribution is -2.15. The lowest BCUT2D eigenvalue weighted by molar-refractivity contribution is -0.133. The van der Waals surface area contributed by atoms with Crippen molar-refractivity contribution >= 4 is 34.5 Å². The third-order valence-corrected chi connectivity index (χ3v) is 6.44. The summed E-state index contributed by atoms with van der Waals surface area (Å²) in [6.07, 6.45) is -0.484. The molecule has 0 saturated heterocycles. The average molecular weight is 496 g/mol. The lowest BCUT2D eigenvalue weighted by atomic mass is 10.0. The molecule has 4 heterocycles. The van der Waals surface area contributed by atoms with E-state index in [0.29, 0.717) is 16.9 Å². The van der Waals surface area contributed by atoms with E-state index in [1.165, 1.54) is 28.9 Å². The maximum absolute atomic E-state index is 13.7. The molecule has 0 saturated carbocycles. The molecule has 0 unspecified atom stereocenters. The average Bonchev–Trinajstić information content (AvgIpc) is 3.58. The minimum absolute atomic E-state index is 0.0899. The second-order valence-corrected chi connectivity index (χ2v) is 8.50. The number of nitrogens with one attached hydrogen (secondary N) is 2. The number of thiophene rings is 1. The van der Waals surface area contributed by atoms with Crippen LogP contribution in [0.4, 0.5) is 18.9 Å². The van der Waals surface area contributed by atoms with Crippen molar-refractivity contribution in [2.45, 2.75) is 6.18 Å². The maximum atomic E-state index is 13.7. The number of carbonyl (C=O) groups excluding carboxylic acids is 2. The van der Waals surface area contributed by atoms with E-state index >= 15 is 0 Å². The molecule has 4 aromatic heterocycles. The van der Waals surface area contributed by atoms with E-state index in [9.17, 15) is 22.8 Å². The monoisotopic (exact) mass is 496 g/mol. The van der Waals surface area contributed by atoms with Gasteiger partial charge >= 0.3 is 6.18 Å². The summed E-state index contributed by atoms with van der Waals surface area (Å²) in [4.78, 5) is 28.2. The van der Waals surface area contributed by atoms with Gasteiger partial charge in [-0.3, -0.25) is 19.1 Å². The van der Waals surface area contributed by atoms with Crippen molar-refractivity contribution in [1.82, 2.24) is 19.6 Å². The molecule has 12 heteroatoms. The number of amides is 2. The number of halogens is 3.